The van der Waals surface area contributed by atoms with Crippen LogP contribution in [0.5, 0.6) is 0 Å². The van der Waals surface area contributed by atoms with Gasteiger partial charge in [-0.05, 0) is 6.26 Å². The number of rotatable bonds is 2. The summed E-state index contributed by atoms with van der Waals surface area (Å²) in [5, 5.41) is 1.03. The van der Waals surface area contributed by atoms with E-state index in [0.29, 0.717) is 0 Å². The minimum Gasteiger partial charge on any atom is -0.164 e. The Labute approximate surface area is 47.1 Å². The monoisotopic (exact) mass is 120 g/mol. The summed E-state index contributed by atoms with van der Waals surface area (Å²) in [6.07, 6.45) is 2.17. The van der Waals surface area contributed by atoms with Crippen LogP contribution in [0.4, 0.5) is 0 Å². The largest absolute Gasteiger partial charge is 0.164 e. The van der Waals surface area contributed by atoms with Gasteiger partial charge in [0.15, 0.2) is 0 Å². The molecule has 0 bridgehead atoms. The fourth-order valence-corrected chi connectivity index (χ4v) is 2.04. The Hall–Kier alpha value is 0.700. The lowest BCUT2D eigenvalue weighted by atomic mass is 10.6. The molecular formula is C4H8S2. The van der Waals surface area contributed by atoms with Crippen LogP contribution in [0, 0.1) is 0 Å². The lowest BCUT2D eigenvalue weighted by molar-refractivity contribution is 1.27. The van der Waals surface area contributed by atoms with Crippen molar-refractivity contribution in [3.63, 3.8) is 0 Å². The molecule has 1 unspecified atom stereocenters. The molecule has 1 rings (SSSR count). The zero-order chi connectivity index (χ0) is 4.41. The molecular weight excluding hydrogens is 112 g/mol. The van der Waals surface area contributed by atoms with Crippen molar-refractivity contribution in [2.75, 3.05) is 17.8 Å². The minimum atomic E-state index is 1.03. The van der Waals surface area contributed by atoms with Gasteiger partial charge in [0.05, 0.1) is 0 Å². The molecule has 0 N–H and O–H groups in total. The predicted octanol–water partition coefficient (Wildman–Crippen LogP) is 1.46. The van der Waals surface area contributed by atoms with Crippen LogP contribution in [0.25, 0.3) is 0 Å². The standard InChI is InChI=1S/C4H8S2/c1-5-2-4-3-6-4/h4H,2-3H2,1H3. The highest BCUT2D eigenvalue weighted by atomic mass is 32.2. The van der Waals surface area contributed by atoms with E-state index in [2.05, 4.69) is 18.0 Å². The van der Waals surface area contributed by atoms with E-state index in [0.717, 1.165) is 5.25 Å². The van der Waals surface area contributed by atoms with Gasteiger partial charge < -0.3 is 0 Å². The Balaban J connectivity index is 1.88. The van der Waals surface area contributed by atoms with Crippen LogP contribution in [-0.2, 0) is 0 Å². The van der Waals surface area contributed by atoms with Crippen molar-refractivity contribution in [2.24, 2.45) is 0 Å². The van der Waals surface area contributed by atoms with Crippen molar-refractivity contribution in [1.29, 1.82) is 0 Å². The van der Waals surface area contributed by atoms with E-state index in [4.69, 9.17) is 0 Å². The lowest BCUT2D eigenvalue weighted by Gasteiger charge is -1.81. The molecule has 1 aliphatic rings. The van der Waals surface area contributed by atoms with Crippen molar-refractivity contribution in [1.82, 2.24) is 0 Å². The number of thioether (sulfide) groups is 2. The van der Waals surface area contributed by atoms with Crippen LogP contribution in [0.2, 0.25) is 0 Å². The summed E-state index contributed by atoms with van der Waals surface area (Å²) < 4.78 is 0. The summed E-state index contributed by atoms with van der Waals surface area (Å²) in [6, 6.07) is 0. The molecule has 0 saturated carbocycles. The molecule has 0 aromatic carbocycles. The first-order valence-corrected chi connectivity index (χ1v) is 4.48. The quantitative estimate of drug-likeness (QED) is 0.506. The van der Waals surface area contributed by atoms with Crippen molar-refractivity contribution in [3.05, 3.63) is 0 Å². The van der Waals surface area contributed by atoms with E-state index in [1.165, 1.54) is 11.5 Å². The fraction of sp³-hybridized carbons (Fsp3) is 1.00. The average Bonchev–Trinajstić information content (AvgIpc) is 2.21. The Morgan fingerprint density at radius 1 is 2.00 bits per heavy atom. The molecule has 0 spiro atoms. The Bertz CT molecular complexity index is 40.8. The van der Waals surface area contributed by atoms with E-state index in [1.54, 1.807) is 0 Å². The molecule has 2 heteroatoms. The molecule has 6 heavy (non-hydrogen) atoms. The number of hydrogen-bond donors (Lipinski definition) is 0. The summed E-state index contributed by atoms with van der Waals surface area (Å²) in [5.41, 5.74) is 0. The molecule has 0 radical (unpaired) electrons. The molecule has 1 atom stereocenters. The summed E-state index contributed by atoms with van der Waals surface area (Å²) in [5.74, 6) is 2.78. The maximum Gasteiger partial charge on any atom is 0.0229 e. The molecule has 0 nitrogen and oxygen atoms in total. The fourth-order valence-electron chi connectivity index (χ4n) is 0.350. The van der Waals surface area contributed by atoms with Crippen molar-refractivity contribution < 1.29 is 0 Å². The third-order valence-corrected chi connectivity index (χ3v) is 2.67. The summed E-state index contributed by atoms with van der Waals surface area (Å²) >= 11 is 4.02. The van der Waals surface area contributed by atoms with Gasteiger partial charge >= 0.3 is 0 Å². The SMILES string of the molecule is CSCC1CS1. The van der Waals surface area contributed by atoms with E-state index in [9.17, 15) is 0 Å². The first kappa shape index (κ1) is 4.85. The molecule has 1 fully saturated rings. The van der Waals surface area contributed by atoms with E-state index >= 15 is 0 Å². The maximum absolute atomic E-state index is 2.17. The summed E-state index contributed by atoms with van der Waals surface area (Å²) in [7, 11) is 0. The van der Waals surface area contributed by atoms with Crippen LogP contribution in [0.1, 0.15) is 0 Å². The van der Waals surface area contributed by atoms with E-state index < -0.39 is 0 Å². The molecule has 0 aliphatic carbocycles. The van der Waals surface area contributed by atoms with Gasteiger partial charge in [-0.15, -0.1) is 0 Å². The topological polar surface area (TPSA) is 0 Å². The molecule has 0 amide bonds. The highest BCUT2D eigenvalue weighted by Crippen LogP contribution is 2.31. The third kappa shape index (κ3) is 1.43. The smallest absolute Gasteiger partial charge is 0.0229 e. The van der Waals surface area contributed by atoms with Crippen LogP contribution in [-0.4, -0.2) is 23.0 Å². The lowest BCUT2D eigenvalue weighted by Crippen LogP contribution is -1.82. The molecule has 1 saturated heterocycles. The average molecular weight is 120 g/mol. The van der Waals surface area contributed by atoms with Crippen LogP contribution in [0.15, 0.2) is 0 Å². The predicted molar refractivity (Wildman–Crippen MR) is 34.6 cm³/mol. The maximum atomic E-state index is 2.17. The van der Waals surface area contributed by atoms with Crippen molar-refractivity contribution in [2.45, 2.75) is 5.25 Å². The first-order chi connectivity index (χ1) is 2.93. The van der Waals surface area contributed by atoms with Crippen LogP contribution >= 0.6 is 23.5 Å². The van der Waals surface area contributed by atoms with Gasteiger partial charge in [0.2, 0.25) is 0 Å². The van der Waals surface area contributed by atoms with Gasteiger partial charge in [0.1, 0.15) is 0 Å². The van der Waals surface area contributed by atoms with Crippen LogP contribution < -0.4 is 0 Å². The molecule has 0 aromatic rings. The van der Waals surface area contributed by atoms with Crippen molar-refractivity contribution >= 4 is 23.5 Å². The zero-order valence-electron chi connectivity index (χ0n) is 3.81. The zero-order valence-corrected chi connectivity index (χ0v) is 5.44. The Morgan fingerprint density at radius 3 is 2.83 bits per heavy atom. The summed E-state index contributed by atoms with van der Waals surface area (Å²) in [4.78, 5) is 0. The van der Waals surface area contributed by atoms with Gasteiger partial charge in [0.25, 0.3) is 0 Å². The molecule has 36 valence electrons. The number of hydrogen-bond acceptors (Lipinski definition) is 2. The van der Waals surface area contributed by atoms with E-state index in [-0.39, 0.29) is 0 Å². The first-order valence-electron chi connectivity index (χ1n) is 2.04. The summed E-state index contributed by atoms with van der Waals surface area (Å²) in [6.45, 7) is 0. The highest BCUT2D eigenvalue weighted by Gasteiger charge is 2.20. The highest BCUT2D eigenvalue weighted by molar-refractivity contribution is 8.08. The third-order valence-electron chi connectivity index (χ3n) is 0.755. The van der Waals surface area contributed by atoms with Gasteiger partial charge in [-0.25, -0.2) is 0 Å². The Morgan fingerprint density at radius 2 is 2.67 bits per heavy atom. The van der Waals surface area contributed by atoms with Gasteiger partial charge in [-0.3, -0.25) is 0 Å². The van der Waals surface area contributed by atoms with Crippen LogP contribution in [0.3, 0.4) is 0 Å². The van der Waals surface area contributed by atoms with Gasteiger partial charge in [-0.2, -0.15) is 23.5 Å². The minimum absolute atomic E-state index is 1.03. The van der Waals surface area contributed by atoms with Gasteiger partial charge in [0, 0.05) is 16.8 Å². The second-order valence-electron chi connectivity index (χ2n) is 1.41. The molecule has 1 heterocycles. The van der Waals surface area contributed by atoms with Crippen molar-refractivity contribution in [3.8, 4) is 0 Å². The molecule has 0 aromatic heterocycles. The van der Waals surface area contributed by atoms with E-state index in [1.807, 2.05) is 11.8 Å². The Kier molecular flexibility index (Phi) is 1.72. The molecule has 1 aliphatic heterocycles. The second kappa shape index (κ2) is 2.12. The van der Waals surface area contributed by atoms with Gasteiger partial charge in [-0.1, -0.05) is 0 Å². The second-order valence-corrected chi connectivity index (χ2v) is 3.65. The normalized spacial score (nSPS) is 30.5.